The summed E-state index contributed by atoms with van der Waals surface area (Å²) in [5.74, 6) is -0.943. The summed E-state index contributed by atoms with van der Waals surface area (Å²) in [6, 6.07) is 3.02. The first kappa shape index (κ1) is 24.6. The first-order valence-corrected chi connectivity index (χ1v) is 12.6. The summed E-state index contributed by atoms with van der Waals surface area (Å²) in [6.07, 6.45) is -1.76. The highest BCUT2D eigenvalue weighted by Crippen LogP contribution is 2.41. The van der Waals surface area contributed by atoms with E-state index in [0.717, 1.165) is 34.0 Å². The van der Waals surface area contributed by atoms with Gasteiger partial charge in [0.05, 0.1) is 23.5 Å². The van der Waals surface area contributed by atoms with Crippen molar-refractivity contribution in [2.45, 2.75) is 56.9 Å². The molecular formula is C23H24F4N6O2S. The summed E-state index contributed by atoms with van der Waals surface area (Å²) in [5.41, 5.74) is 0.115. The molecule has 8 nitrogen and oxygen atoms in total. The predicted molar refractivity (Wildman–Crippen MR) is 125 cm³/mol. The predicted octanol–water partition coefficient (Wildman–Crippen LogP) is 4.30. The Kier molecular flexibility index (Phi) is 6.46. The maximum absolute atomic E-state index is 13.4. The van der Waals surface area contributed by atoms with Crippen molar-refractivity contribution in [2.75, 3.05) is 11.9 Å². The molecule has 2 N–H and O–H groups in total. The van der Waals surface area contributed by atoms with Crippen LogP contribution in [0.1, 0.15) is 52.2 Å². The van der Waals surface area contributed by atoms with Gasteiger partial charge in [-0.05, 0) is 50.0 Å². The van der Waals surface area contributed by atoms with Crippen LogP contribution in [0.5, 0.6) is 0 Å². The van der Waals surface area contributed by atoms with Gasteiger partial charge in [0.25, 0.3) is 5.91 Å². The second-order valence-electron chi connectivity index (χ2n) is 9.46. The maximum atomic E-state index is 13.4. The molecular weight excluding hydrogens is 500 g/mol. The first-order chi connectivity index (χ1) is 17.1. The van der Waals surface area contributed by atoms with Crippen molar-refractivity contribution in [3.63, 3.8) is 0 Å². The fourth-order valence-electron chi connectivity index (χ4n) is 4.15. The Balaban J connectivity index is 1.35. The van der Waals surface area contributed by atoms with Crippen LogP contribution in [0.4, 0.5) is 28.4 Å². The van der Waals surface area contributed by atoms with Crippen molar-refractivity contribution >= 4 is 40.0 Å². The van der Waals surface area contributed by atoms with Crippen LogP contribution >= 0.6 is 11.3 Å². The number of thiophene rings is 1. The smallest absolute Gasteiger partial charge is 0.352 e. The van der Waals surface area contributed by atoms with Crippen LogP contribution in [0.15, 0.2) is 16.1 Å². The van der Waals surface area contributed by atoms with Gasteiger partial charge in [0, 0.05) is 24.5 Å². The third-order valence-electron chi connectivity index (χ3n) is 6.55. The van der Waals surface area contributed by atoms with Gasteiger partial charge in [-0.15, -0.1) is 11.3 Å². The minimum Gasteiger partial charge on any atom is -0.352 e. The quantitative estimate of drug-likeness (QED) is 0.417. The van der Waals surface area contributed by atoms with Crippen molar-refractivity contribution in [2.24, 2.45) is 28.9 Å². The molecule has 2 fully saturated rings. The minimum atomic E-state index is -4.57. The van der Waals surface area contributed by atoms with E-state index in [0.29, 0.717) is 42.3 Å². The Morgan fingerprint density at radius 3 is 2.69 bits per heavy atom. The zero-order valence-electron chi connectivity index (χ0n) is 19.4. The van der Waals surface area contributed by atoms with Gasteiger partial charge in [0.15, 0.2) is 11.5 Å². The van der Waals surface area contributed by atoms with E-state index in [-0.39, 0.29) is 24.2 Å². The lowest BCUT2D eigenvalue weighted by Crippen LogP contribution is -2.28. The number of hydrogen-bond acceptors (Lipinski definition) is 6. The van der Waals surface area contributed by atoms with E-state index in [1.54, 1.807) is 0 Å². The number of aliphatic imine (C=N–C) groups is 2. The van der Waals surface area contributed by atoms with Crippen molar-refractivity contribution in [3.8, 4) is 0 Å². The number of nitrogens with one attached hydrogen (secondary N) is 2. The van der Waals surface area contributed by atoms with E-state index in [1.165, 1.54) is 18.4 Å². The number of fused-ring (bicyclic) bond motifs is 1. The molecule has 2 saturated carbocycles. The minimum absolute atomic E-state index is 0.0329. The van der Waals surface area contributed by atoms with Crippen molar-refractivity contribution in [3.05, 3.63) is 27.8 Å². The molecule has 0 radical (unpaired) electrons. The Hall–Kier alpha value is -3.05. The van der Waals surface area contributed by atoms with E-state index in [2.05, 4.69) is 31.7 Å². The molecule has 0 aliphatic heterocycles. The van der Waals surface area contributed by atoms with E-state index in [1.807, 2.05) is 0 Å². The monoisotopic (exact) mass is 524 g/mol. The van der Waals surface area contributed by atoms with E-state index in [9.17, 15) is 27.2 Å². The molecule has 3 aliphatic rings. The Bertz CT molecular complexity index is 1260. The highest BCUT2D eigenvalue weighted by molar-refractivity contribution is 7.17. The summed E-state index contributed by atoms with van der Waals surface area (Å²) in [6.45, 7) is 0.560. The van der Waals surface area contributed by atoms with Crippen molar-refractivity contribution in [1.82, 2.24) is 15.1 Å². The van der Waals surface area contributed by atoms with Gasteiger partial charge < -0.3 is 10.6 Å². The molecule has 0 spiro atoms. The van der Waals surface area contributed by atoms with Gasteiger partial charge in [0.1, 0.15) is 11.2 Å². The van der Waals surface area contributed by atoms with E-state index in [4.69, 9.17) is 0 Å². The standard InChI is InChI=1S/C23H24F4N6O2S/c1-33-18(8-17(32-33)23(25,26)27)30-10-29-12-4-5-16-14(6-12)19(21(35)28-9-11-2-3-11)22(36-16)31-20(34)13-7-15(13)24/h8,11-13,15H,2-7,9H2,1H3,(H,28,35)(H,31,34). The molecule has 3 atom stereocenters. The van der Waals surface area contributed by atoms with E-state index >= 15 is 0 Å². The van der Waals surface area contributed by atoms with Crippen LogP contribution in [-0.4, -0.2) is 46.4 Å². The highest BCUT2D eigenvalue weighted by Gasteiger charge is 2.44. The zero-order valence-corrected chi connectivity index (χ0v) is 20.2. The molecule has 0 bridgehead atoms. The summed E-state index contributed by atoms with van der Waals surface area (Å²) in [5, 5.41) is 9.52. The molecule has 0 saturated heterocycles. The van der Waals surface area contributed by atoms with Gasteiger partial charge in [-0.3, -0.25) is 9.59 Å². The molecule has 2 amide bonds. The van der Waals surface area contributed by atoms with Gasteiger partial charge in [0.2, 0.25) is 5.91 Å². The number of aromatic nitrogens is 2. The SMILES string of the molecule is Cn1nc(C(F)(F)F)cc1N=C=NC1CCc2sc(NC(=O)C3CC3F)c(C(=O)NCC3CC3)c2C1. The molecule has 5 rings (SSSR count). The van der Waals surface area contributed by atoms with Crippen LogP contribution in [-0.2, 0) is 30.9 Å². The number of halogens is 4. The number of nitrogens with zero attached hydrogens (tertiary/aromatic N) is 4. The third kappa shape index (κ3) is 5.36. The molecule has 2 aromatic heterocycles. The fourth-order valence-corrected chi connectivity index (χ4v) is 5.40. The van der Waals surface area contributed by atoms with Gasteiger partial charge >= 0.3 is 6.18 Å². The highest BCUT2D eigenvalue weighted by atomic mass is 32.1. The van der Waals surface area contributed by atoms with Crippen LogP contribution in [0.2, 0.25) is 0 Å². The molecule has 36 heavy (non-hydrogen) atoms. The largest absolute Gasteiger partial charge is 0.435 e. The molecule has 3 unspecified atom stereocenters. The number of rotatable bonds is 7. The normalized spacial score (nSPS) is 22.9. The Morgan fingerprint density at radius 2 is 2.06 bits per heavy atom. The number of amides is 2. The number of hydrogen-bond donors (Lipinski definition) is 2. The van der Waals surface area contributed by atoms with Crippen LogP contribution in [0.25, 0.3) is 0 Å². The number of alkyl halides is 4. The average molecular weight is 525 g/mol. The second kappa shape index (κ2) is 9.44. The summed E-state index contributed by atoms with van der Waals surface area (Å²) < 4.78 is 52.9. The fraction of sp³-hybridized carbons (Fsp3) is 0.565. The second-order valence-corrected chi connectivity index (χ2v) is 10.6. The van der Waals surface area contributed by atoms with Gasteiger partial charge in [-0.25, -0.2) is 14.1 Å². The van der Waals surface area contributed by atoms with Gasteiger partial charge in [-0.1, -0.05) is 0 Å². The lowest BCUT2D eigenvalue weighted by atomic mass is 9.91. The molecule has 0 aromatic carbocycles. The van der Waals surface area contributed by atoms with Gasteiger partial charge in [-0.2, -0.15) is 23.3 Å². The summed E-state index contributed by atoms with van der Waals surface area (Å²) in [4.78, 5) is 34.6. The third-order valence-corrected chi connectivity index (χ3v) is 7.75. The molecule has 3 aliphatic carbocycles. The Morgan fingerprint density at radius 1 is 1.31 bits per heavy atom. The molecule has 13 heteroatoms. The number of anilines is 1. The summed E-state index contributed by atoms with van der Waals surface area (Å²) in [7, 11) is 1.35. The van der Waals surface area contributed by atoms with Crippen LogP contribution in [0.3, 0.4) is 0 Å². The topological polar surface area (TPSA) is 101 Å². The maximum Gasteiger partial charge on any atom is 0.435 e. The first-order valence-electron chi connectivity index (χ1n) is 11.7. The lowest BCUT2D eigenvalue weighted by Gasteiger charge is -2.18. The Labute approximate surface area is 207 Å². The van der Waals surface area contributed by atoms with Crippen molar-refractivity contribution < 1.29 is 27.2 Å². The molecule has 192 valence electrons. The number of aryl methyl sites for hydroxylation is 2. The van der Waals surface area contributed by atoms with Crippen molar-refractivity contribution in [1.29, 1.82) is 0 Å². The lowest BCUT2D eigenvalue weighted by molar-refractivity contribution is -0.141. The van der Waals surface area contributed by atoms with Crippen LogP contribution < -0.4 is 10.6 Å². The average Bonchev–Trinajstić information content (AvgIpc) is 3.71. The van der Waals surface area contributed by atoms with Crippen LogP contribution in [0, 0.1) is 11.8 Å². The summed E-state index contributed by atoms with van der Waals surface area (Å²) >= 11 is 1.33. The number of carbonyl (C=O) groups excluding carboxylic acids is 2. The molecule has 2 heterocycles. The zero-order chi connectivity index (χ0) is 25.6. The number of carbonyl (C=O) groups is 2. The molecule has 2 aromatic rings. The van der Waals surface area contributed by atoms with E-state index < -0.39 is 29.9 Å².